The molecule has 2 rings (SSSR count). The maximum Gasteiger partial charge on any atom is 0.337 e. The molecule has 0 aliphatic carbocycles. The Morgan fingerprint density at radius 2 is 2.29 bits per heavy atom. The minimum absolute atomic E-state index is 0.294. The number of benzene rings is 1. The standard InChI is InChI=1S/C12H12BrClO3/c1-6-3-4-7(13)5-8(6)9(14)10-11(17-10)12(15)16-2/h3-5,9-11H,1-2H3. The number of esters is 1. The fraction of sp³-hybridized carbons (Fsp3) is 0.417. The van der Waals surface area contributed by atoms with E-state index in [0.29, 0.717) is 0 Å². The largest absolute Gasteiger partial charge is 0.467 e. The second kappa shape index (κ2) is 4.96. The highest BCUT2D eigenvalue weighted by molar-refractivity contribution is 9.10. The molecule has 17 heavy (non-hydrogen) atoms. The molecule has 1 aromatic carbocycles. The molecule has 0 amide bonds. The summed E-state index contributed by atoms with van der Waals surface area (Å²) in [4.78, 5) is 11.3. The Morgan fingerprint density at radius 3 is 2.94 bits per heavy atom. The summed E-state index contributed by atoms with van der Waals surface area (Å²) in [5.41, 5.74) is 2.05. The van der Waals surface area contributed by atoms with Gasteiger partial charge in [0.1, 0.15) is 6.10 Å². The van der Waals surface area contributed by atoms with E-state index in [4.69, 9.17) is 16.3 Å². The van der Waals surface area contributed by atoms with Gasteiger partial charge in [-0.3, -0.25) is 0 Å². The number of methoxy groups -OCH3 is 1. The summed E-state index contributed by atoms with van der Waals surface area (Å²) in [6, 6.07) is 5.88. The predicted molar refractivity (Wildman–Crippen MR) is 68.2 cm³/mol. The van der Waals surface area contributed by atoms with Crippen LogP contribution in [-0.2, 0) is 14.3 Å². The minimum atomic E-state index is -0.527. The molecule has 1 aliphatic rings. The average molecular weight is 320 g/mol. The van der Waals surface area contributed by atoms with Gasteiger partial charge in [0, 0.05) is 4.47 Å². The highest BCUT2D eigenvalue weighted by atomic mass is 79.9. The lowest BCUT2D eigenvalue weighted by atomic mass is 10.0. The highest BCUT2D eigenvalue weighted by Crippen LogP contribution is 2.41. The lowest BCUT2D eigenvalue weighted by Crippen LogP contribution is -2.14. The van der Waals surface area contributed by atoms with Gasteiger partial charge in [-0.15, -0.1) is 11.6 Å². The zero-order chi connectivity index (χ0) is 12.6. The van der Waals surface area contributed by atoms with Gasteiger partial charge >= 0.3 is 5.97 Å². The van der Waals surface area contributed by atoms with E-state index < -0.39 is 6.10 Å². The molecule has 0 N–H and O–H groups in total. The van der Waals surface area contributed by atoms with Gasteiger partial charge in [0.15, 0.2) is 6.10 Å². The first-order valence-electron chi connectivity index (χ1n) is 5.18. The summed E-state index contributed by atoms with van der Waals surface area (Å²) in [6.45, 7) is 1.98. The van der Waals surface area contributed by atoms with Crippen molar-refractivity contribution in [2.45, 2.75) is 24.5 Å². The lowest BCUT2D eigenvalue weighted by molar-refractivity contribution is -0.142. The molecule has 1 aromatic rings. The molecule has 0 spiro atoms. The van der Waals surface area contributed by atoms with E-state index in [1.54, 1.807) is 0 Å². The first-order valence-corrected chi connectivity index (χ1v) is 6.41. The Hall–Kier alpha value is -0.580. The van der Waals surface area contributed by atoms with Crippen LogP contribution < -0.4 is 0 Å². The van der Waals surface area contributed by atoms with Gasteiger partial charge in [0.2, 0.25) is 0 Å². The number of halogens is 2. The third-order valence-electron chi connectivity index (χ3n) is 2.79. The normalized spacial score (nSPS) is 24.2. The van der Waals surface area contributed by atoms with Crippen molar-refractivity contribution < 1.29 is 14.3 Å². The van der Waals surface area contributed by atoms with Crippen LogP contribution in [-0.4, -0.2) is 25.3 Å². The molecular weight excluding hydrogens is 307 g/mol. The lowest BCUT2D eigenvalue weighted by Gasteiger charge is -2.10. The van der Waals surface area contributed by atoms with Crippen LogP contribution in [0.4, 0.5) is 0 Å². The zero-order valence-electron chi connectivity index (χ0n) is 9.44. The maximum absolute atomic E-state index is 11.3. The van der Waals surface area contributed by atoms with Crippen LogP contribution in [0.5, 0.6) is 0 Å². The van der Waals surface area contributed by atoms with Gasteiger partial charge in [-0.05, 0) is 30.2 Å². The molecule has 1 saturated heterocycles. The molecule has 0 bridgehead atoms. The van der Waals surface area contributed by atoms with Crippen LogP contribution in [0.3, 0.4) is 0 Å². The van der Waals surface area contributed by atoms with E-state index in [9.17, 15) is 4.79 Å². The van der Waals surface area contributed by atoms with E-state index in [-0.39, 0.29) is 17.5 Å². The summed E-state index contributed by atoms with van der Waals surface area (Å²) >= 11 is 9.72. The summed E-state index contributed by atoms with van der Waals surface area (Å²) in [7, 11) is 1.34. The van der Waals surface area contributed by atoms with Crippen molar-refractivity contribution in [3.8, 4) is 0 Å². The van der Waals surface area contributed by atoms with Crippen molar-refractivity contribution in [1.29, 1.82) is 0 Å². The smallest absolute Gasteiger partial charge is 0.337 e. The number of hydrogen-bond acceptors (Lipinski definition) is 3. The monoisotopic (exact) mass is 318 g/mol. The van der Waals surface area contributed by atoms with Gasteiger partial charge in [-0.25, -0.2) is 4.79 Å². The minimum Gasteiger partial charge on any atom is -0.467 e. The molecule has 5 heteroatoms. The quantitative estimate of drug-likeness (QED) is 0.488. The number of carbonyl (C=O) groups excluding carboxylic acids is 1. The van der Waals surface area contributed by atoms with Gasteiger partial charge < -0.3 is 9.47 Å². The first kappa shape index (κ1) is 12.9. The number of aryl methyl sites for hydroxylation is 1. The molecule has 0 saturated carbocycles. The second-order valence-corrected chi connectivity index (χ2v) is 5.33. The molecule has 1 fully saturated rings. The van der Waals surface area contributed by atoms with Crippen LogP contribution in [0, 0.1) is 6.92 Å². The van der Waals surface area contributed by atoms with Crippen molar-refractivity contribution in [2.75, 3.05) is 7.11 Å². The molecular formula is C12H12BrClO3. The summed E-state index contributed by atoms with van der Waals surface area (Å²) < 4.78 is 10.8. The summed E-state index contributed by atoms with van der Waals surface area (Å²) in [6.07, 6.45) is -0.821. The summed E-state index contributed by atoms with van der Waals surface area (Å²) in [5.74, 6) is -0.367. The van der Waals surface area contributed by atoms with Crippen LogP contribution in [0.25, 0.3) is 0 Å². The number of rotatable bonds is 3. The van der Waals surface area contributed by atoms with E-state index in [2.05, 4.69) is 20.7 Å². The topological polar surface area (TPSA) is 38.8 Å². The van der Waals surface area contributed by atoms with Crippen LogP contribution in [0.15, 0.2) is 22.7 Å². The molecule has 3 nitrogen and oxygen atoms in total. The third-order valence-corrected chi connectivity index (χ3v) is 3.76. The third kappa shape index (κ3) is 2.64. The average Bonchev–Trinajstić information content (AvgIpc) is 3.10. The van der Waals surface area contributed by atoms with Crippen molar-refractivity contribution in [3.63, 3.8) is 0 Å². The maximum atomic E-state index is 11.3. The predicted octanol–water partition coefficient (Wildman–Crippen LogP) is 2.98. The van der Waals surface area contributed by atoms with Gasteiger partial charge in [0.05, 0.1) is 12.5 Å². The van der Waals surface area contributed by atoms with Crippen LogP contribution in [0.2, 0.25) is 0 Å². The van der Waals surface area contributed by atoms with E-state index in [0.717, 1.165) is 15.6 Å². The molecule has 0 aromatic heterocycles. The van der Waals surface area contributed by atoms with Gasteiger partial charge in [0.25, 0.3) is 0 Å². The number of ether oxygens (including phenoxy) is 2. The molecule has 3 unspecified atom stereocenters. The van der Waals surface area contributed by atoms with E-state index in [1.165, 1.54) is 7.11 Å². The second-order valence-electron chi connectivity index (χ2n) is 3.95. The Labute approximate surface area is 113 Å². The van der Waals surface area contributed by atoms with Crippen molar-refractivity contribution in [1.82, 2.24) is 0 Å². The highest BCUT2D eigenvalue weighted by Gasteiger charge is 2.51. The number of carbonyl (C=O) groups is 1. The fourth-order valence-electron chi connectivity index (χ4n) is 1.74. The number of alkyl halides is 1. The van der Waals surface area contributed by atoms with Crippen LogP contribution in [0.1, 0.15) is 16.5 Å². The van der Waals surface area contributed by atoms with Gasteiger partial charge in [-0.2, -0.15) is 0 Å². The zero-order valence-corrected chi connectivity index (χ0v) is 11.8. The molecule has 92 valence electrons. The first-order chi connectivity index (χ1) is 8.04. The van der Waals surface area contributed by atoms with Gasteiger partial charge in [-0.1, -0.05) is 22.0 Å². The van der Waals surface area contributed by atoms with Crippen molar-refractivity contribution >= 4 is 33.5 Å². The fourth-order valence-corrected chi connectivity index (χ4v) is 2.54. The Morgan fingerprint density at radius 1 is 1.59 bits per heavy atom. The molecule has 1 aliphatic heterocycles. The Bertz CT molecular complexity index is 449. The number of hydrogen-bond donors (Lipinski definition) is 0. The van der Waals surface area contributed by atoms with E-state index in [1.807, 2.05) is 25.1 Å². The SMILES string of the molecule is COC(=O)C1OC1C(Cl)c1cc(Br)ccc1C. The molecule has 1 heterocycles. The number of epoxide rings is 1. The Balaban J connectivity index is 2.14. The van der Waals surface area contributed by atoms with Crippen molar-refractivity contribution in [2.24, 2.45) is 0 Å². The Kier molecular flexibility index (Phi) is 3.76. The van der Waals surface area contributed by atoms with Crippen LogP contribution >= 0.6 is 27.5 Å². The van der Waals surface area contributed by atoms with E-state index >= 15 is 0 Å². The summed E-state index contributed by atoms with van der Waals surface area (Å²) in [5, 5.41) is -0.336. The molecule has 3 atom stereocenters. The molecule has 0 radical (unpaired) electrons. The van der Waals surface area contributed by atoms with Crippen molar-refractivity contribution in [3.05, 3.63) is 33.8 Å².